The number of ether oxygens (including phenoxy) is 6. The number of aromatic nitrogens is 7. The van der Waals surface area contributed by atoms with Gasteiger partial charge >= 0.3 is 11.9 Å². The summed E-state index contributed by atoms with van der Waals surface area (Å²) in [5, 5.41) is 88.5. The molecule has 4 aliphatic rings. The number of esters is 2. The Balaban J connectivity index is 1.03. The van der Waals surface area contributed by atoms with E-state index in [1.807, 2.05) is 0 Å². The van der Waals surface area contributed by atoms with Gasteiger partial charge in [-0.25, -0.2) is 39.5 Å². The van der Waals surface area contributed by atoms with Crippen molar-refractivity contribution in [3.8, 4) is 38.4 Å². The van der Waals surface area contributed by atoms with Gasteiger partial charge in [-0.05, 0) is 59.5 Å². The van der Waals surface area contributed by atoms with Crippen LogP contribution >= 0.6 is 56.7 Å². The average molecular weight is 1430 g/mol. The third kappa shape index (κ3) is 14.0. The number of pyridine rings is 1. The molecule has 4 aliphatic heterocycles. The zero-order valence-corrected chi connectivity index (χ0v) is 56.7. The number of aromatic hydroxyl groups is 1. The maximum absolute atomic E-state index is 15.2. The number of aliphatic hydroxyl groups excluding tert-OH is 3. The second-order valence-electron chi connectivity index (χ2n) is 23.6. The number of rotatable bonds is 11. The minimum absolute atomic E-state index is 0.00116. The first-order valence-corrected chi connectivity index (χ1v) is 34.5. The number of likely N-dealkylation sites (N-methyl/N-ethyl adjacent to an activating group) is 1. The van der Waals surface area contributed by atoms with Crippen molar-refractivity contribution in [1.82, 2.24) is 66.1 Å². The van der Waals surface area contributed by atoms with Crippen LogP contribution in [0.2, 0.25) is 0 Å². The van der Waals surface area contributed by atoms with Crippen LogP contribution in [0.3, 0.4) is 0 Å². The second-order valence-corrected chi connectivity index (χ2v) is 28.0. The number of hydrogen-bond acceptors (Lipinski definition) is 31. The molecule has 0 aliphatic carbocycles. The van der Waals surface area contributed by atoms with Crippen molar-refractivity contribution in [2.45, 2.75) is 120 Å². The van der Waals surface area contributed by atoms with Gasteiger partial charge in [0, 0.05) is 62.9 Å². The quantitative estimate of drug-likeness (QED) is 0.0500. The van der Waals surface area contributed by atoms with Crippen molar-refractivity contribution in [3.05, 3.63) is 112 Å². The summed E-state index contributed by atoms with van der Waals surface area (Å²) in [5.74, 6) is -6.10. The molecule has 36 heteroatoms. The lowest BCUT2D eigenvalue weighted by Crippen LogP contribution is -2.62. The van der Waals surface area contributed by atoms with Gasteiger partial charge in [0.05, 0.1) is 61.5 Å². The summed E-state index contributed by atoms with van der Waals surface area (Å²) in [7, 11) is 4.87. The molecule has 31 nitrogen and oxygen atoms in total. The van der Waals surface area contributed by atoms with Gasteiger partial charge in [-0.15, -0.1) is 56.7 Å². The minimum atomic E-state index is -1.90. The molecule has 512 valence electrons. The van der Waals surface area contributed by atoms with E-state index < -0.39 is 134 Å². The van der Waals surface area contributed by atoms with Crippen LogP contribution in [-0.2, 0) is 57.8 Å². The zero-order chi connectivity index (χ0) is 68.9. The molecule has 7 aromatic heterocycles. The number of benzene rings is 1. The number of fused-ring (bicyclic) bond motifs is 15. The summed E-state index contributed by atoms with van der Waals surface area (Å²) in [6.07, 6.45) is -8.48. The fourth-order valence-electron chi connectivity index (χ4n) is 11.9. The number of nitrogens with one attached hydrogen (secondary N) is 5. The monoisotopic (exact) mass is 1430 g/mol. The van der Waals surface area contributed by atoms with Crippen LogP contribution in [0.1, 0.15) is 120 Å². The molecule has 8 aromatic rings. The fourth-order valence-corrected chi connectivity index (χ4v) is 16.1. The SMILES string of the molecule is CO/C(C)=C1/NC(=O)C(C(C)O)NC(=O)c2csc(n2)-c2cc(O)c(-c3nc(CNCC(O)CO)cs3)nc2-c2csc(n2)C2COC(=O)c3c4c5c(cccc5n3O)COC(=O)C(OC3CC(C)(O)C(N(C)C)C(C)O3)C(OC4)C(NC(=O)c3csc1n3)c1nc(cs1)C(=O)N2. The van der Waals surface area contributed by atoms with Crippen molar-refractivity contribution >= 4 is 109 Å². The molecule has 11 heterocycles. The van der Waals surface area contributed by atoms with Gasteiger partial charge in [-0.2, -0.15) is 4.73 Å². The number of amides is 4. The predicted octanol–water partition coefficient (Wildman–Crippen LogP) is 3.61. The Morgan fingerprint density at radius 2 is 1.53 bits per heavy atom. The highest BCUT2D eigenvalue weighted by molar-refractivity contribution is 7.14. The molecule has 0 radical (unpaired) electrons. The van der Waals surface area contributed by atoms with Crippen LogP contribution in [0, 0.1) is 0 Å². The number of carbonyl (C=O) groups excluding carboxylic acids is 6. The highest BCUT2D eigenvalue weighted by atomic mass is 32.1. The first kappa shape index (κ1) is 68.6. The highest BCUT2D eigenvalue weighted by Gasteiger charge is 2.50. The Morgan fingerprint density at radius 1 is 0.845 bits per heavy atom. The lowest BCUT2D eigenvalue weighted by molar-refractivity contribution is -0.280. The highest BCUT2D eigenvalue weighted by Crippen LogP contribution is 2.43. The maximum Gasteiger partial charge on any atom is 0.358 e. The van der Waals surface area contributed by atoms with Crippen LogP contribution in [0.15, 0.2) is 56.9 Å². The molecule has 97 heavy (non-hydrogen) atoms. The average Bonchev–Trinajstić information content (AvgIpc) is 1.64. The molecular formula is C61H65N13O18S5. The van der Waals surface area contributed by atoms with Gasteiger partial charge in [-0.3, -0.25) is 19.2 Å². The lowest BCUT2D eigenvalue weighted by Gasteiger charge is -2.48. The van der Waals surface area contributed by atoms with Crippen molar-refractivity contribution in [3.63, 3.8) is 0 Å². The summed E-state index contributed by atoms with van der Waals surface area (Å²) >= 11 is 4.86. The van der Waals surface area contributed by atoms with Crippen LogP contribution < -0.4 is 26.6 Å². The molecule has 1 saturated heterocycles. The van der Waals surface area contributed by atoms with Gasteiger partial charge in [0.15, 0.2) is 18.1 Å². The molecule has 11 N–H and O–H groups in total. The third-order valence-electron chi connectivity index (χ3n) is 16.5. The van der Waals surface area contributed by atoms with Crippen LogP contribution in [0.4, 0.5) is 0 Å². The molecule has 12 rings (SSSR count). The number of hydrogen-bond donors (Lipinski definition) is 11. The van der Waals surface area contributed by atoms with Crippen LogP contribution in [0.5, 0.6) is 5.75 Å². The van der Waals surface area contributed by atoms with Crippen molar-refractivity contribution in [1.29, 1.82) is 0 Å². The lowest BCUT2D eigenvalue weighted by atomic mass is 9.85. The molecule has 4 amide bonds. The summed E-state index contributed by atoms with van der Waals surface area (Å²) in [5.41, 5.74) is -1.49. The summed E-state index contributed by atoms with van der Waals surface area (Å²) < 4.78 is 38.3. The van der Waals surface area contributed by atoms with E-state index >= 15 is 14.4 Å². The number of methoxy groups -OCH3 is 1. The molecule has 1 fully saturated rings. The van der Waals surface area contributed by atoms with Crippen LogP contribution in [-0.4, -0.2) is 201 Å². The number of cyclic esters (lactones) is 2. The standard InChI is InChI=1S/C61H65N13O18S5/c1-24(76)41-53(82)71-42(25(2)87-7)56-67-36(23-96-56)52(81)72-45-47-48(92-39-12-61(4,85)49(73(5)6)26(3)91-39)60(84)89-16-27-9-8-10-37-40(27)31(17-88-47)46(74(37)86)59(83)90-18-32(64-50(79)34-22-97-58(45)68-34)55-65-33(20-95-55)43-30(54-66-35(21-94-54)51(80)70-41)11-38(78)44(69-43)57-63-28(19-93-57)13-62-14-29(77)15-75/h8-11,19-24,26,29,32,39,41,45,47-49,62,75-78,85-86H,12-18H2,1-7H3,(H,64,79)(H,70,80)(H,71,82)(H,72,81)/b42-25+. The Labute approximate surface area is 571 Å². The predicted molar refractivity (Wildman–Crippen MR) is 349 cm³/mol. The van der Waals surface area contributed by atoms with Gasteiger partial charge < -0.3 is 90.6 Å². The normalized spacial score (nSPS) is 24.7. The third-order valence-corrected chi connectivity index (χ3v) is 21.0. The smallest absolute Gasteiger partial charge is 0.358 e. The molecular weight excluding hydrogens is 1360 g/mol. The van der Waals surface area contributed by atoms with Gasteiger partial charge in [-0.1, -0.05) is 12.1 Å². The largest absolute Gasteiger partial charge is 0.506 e. The van der Waals surface area contributed by atoms with Crippen molar-refractivity contribution in [2.75, 3.05) is 41.0 Å². The summed E-state index contributed by atoms with van der Waals surface area (Å²) in [6, 6.07) is 0.889. The Kier molecular flexibility index (Phi) is 20.0. The number of thiazole rings is 5. The maximum atomic E-state index is 15.2. The number of allylic oxidation sites excluding steroid dienone is 1. The Morgan fingerprint density at radius 3 is 2.26 bits per heavy atom. The number of carbonyl (C=O) groups is 6. The fraction of sp³-hybridized carbons (Fsp3) is 0.410. The number of aliphatic hydroxyl groups is 4. The topological polar surface area (TPSA) is 425 Å². The van der Waals surface area contributed by atoms with Crippen molar-refractivity contribution < 1.29 is 87.9 Å². The first-order valence-electron chi connectivity index (χ1n) is 30.1. The molecule has 11 atom stereocenters. The molecule has 11 unspecified atom stereocenters. The Bertz CT molecular complexity index is 4380. The van der Waals surface area contributed by atoms with Gasteiger partial charge in [0.2, 0.25) is 5.91 Å². The molecule has 0 spiro atoms. The minimum Gasteiger partial charge on any atom is -0.506 e. The van der Waals surface area contributed by atoms with E-state index in [2.05, 4.69) is 41.5 Å². The molecule has 12 bridgehead atoms. The van der Waals surface area contributed by atoms with Gasteiger partial charge in [0.25, 0.3) is 17.7 Å². The molecule has 0 saturated carbocycles. The van der Waals surface area contributed by atoms with E-state index in [4.69, 9.17) is 43.4 Å². The van der Waals surface area contributed by atoms with E-state index in [1.165, 1.54) is 49.2 Å². The van der Waals surface area contributed by atoms with Crippen LogP contribution in [0.25, 0.3) is 49.3 Å². The molecule has 1 aromatic carbocycles. The Hall–Kier alpha value is -8.34. The van der Waals surface area contributed by atoms with E-state index in [0.29, 0.717) is 16.0 Å². The van der Waals surface area contributed by atoms with E-state index in [0.717, 1.165) is 56.7 Å². The van der Waals surface area contributed by atoms with Gasteiger partial charge in [0.1, 0.15) is 114 Å². The van der Waals surface area contributed by atoms with E-state index in [9.17, 15) is 45.1 Å². The first-order chi connectivity index (χ1) is 46.4. The summed E-state index contributed by atoms with van der Waals surface area (Å²) in [6.45, 7) is 4.14. The second kappa shape index (κ2) is 28.2. The van der Waals surface area contributed by atoms with E-state index in [-0.39, 0.29) is 118 Å². The zero-order valence-electron chi connectivity index (χ0n) is 52.6. The van der Waals surface area contributed by atoms with Crippen molar-refractivity contribution in [2.24, 2.45) is 0 Å². The number of nitrogens with zero attached hydrogens (tertiary/aromatic N) is 8. The summed E-state index contributed by atoms with van der Waals surface area (Å²) in [4.78, 5) is 119. The van der Waals surface area contributed by atoms with E-state index in [1.54, 1.807) is 55.7 Å².